The maximum Gasteiger partial charge on any atom is 0.339 e. The van der Waals surface area contributed by atoms with E-state index in [-0.39, 0.29) is 29.0 Å². The van der Waals surface area contributed by atoms with E-state index in [9.17, 15) is 40.5 Å². The Morgan fingerprint density at radius 2 is 1.71 bits per heavy atom. The van der Waals surface area contributed by atoms with Gasteiger partial charge in [0, 0.05) is 6.42 Å². The number of aromatic hydroxyl groups is 1. The molecule has 1 aliphatic heterocycles. The molecule has 10 heteroatoms. The number of carboxylic acids is 1. The van der Waals surface area contributed by atoms with Gasteiger partial charge in [0.2, 0.25) is 6.29 Å². The van der Waals surface area contributed by atoms with Gasteiger partial charge in [-0.1, -0.05) is 24.3 Å². The standard InChI is InChI=1S/C21H24O10/c22-9-15-17(25)18(26)19(27)21(31-15)30-14-3-1-2-11(16(14)20(28)29)8-13(24)10-4-6-12(23)7-5-10/h1-7,13,15,17-19,21-27H,8-9H2,(H,28,29)/t13-,15+,17+,18+,19+,21+/m0/s1. The Bertz CT molecular complexity index is 898. The van der Waals surface area contributed by atoms with E-state index in [1.807, 2.05) is 0 Å². The zero-order chi connectivity index (χ0) is 22.7. The highest BCUT2D eigenvalue weighted by molar-refractivity contribution is 5.92. The number of aromatic carboxylic acids is 1. The van der Waals surface area contributed by atoms with Gasteiger partial charge in [0.15, 0.2) is 0 Å². The first-order valence-corrected chi connectivity index (χ1v) is 9.52. The predicted molar refractivity (Wildman–Crippen MR) is 105 cm³/mol. The van der Waals surface area contributed by atoms with E-state index in [0.717, 1.165) is 0 Å². The lowest BCUT2D eigenvalue weighted by Crippen LogP contribution is -2.60. The fourth-order valence-corrected chi connectivity index (χ4v) is 3.40. The number of carboxylic acid groups (broad SMARTS) is 1. The highest BCUT2D eigenvalue weighted by Crippen LogP contribution is 2.31. The maximum atomic E-state index is 11.9. The molecule has 0 radical (unpaired) electrons. The first-order valence-electron chi connectivity index (χ1n) is 9.52. The summed E-state index contributed by atoms with van der Waals surface area (Å²) in [5.74, 6) is -1.52. The number of aliphatic hydroxyl groups excluding tert-OH is 5. The minimum absolute atomic E-state index is 0.0251. The van der Waals surface area contributed by atoms with Crippen molar-refractivity contribution in [1.29, 1.82) is 0 Å². The van der Waals surface area contributed by atoms with Crippen molar-refractivity contribution in [2.75, 3.05) is 6.61 Å². The van der Waals surface area contributed by atoms with Crippen LogP contribution in [0, 0.1) is 0 Å². The first-order chi connectivity index (χ1) is 14.7. The lowest BCUT2D eigenvalue weighted by Gasteiger charge is -2.39. The summed E-state index contributed by atoms with van der Waals surface area (Å²) in [5.41, 5.74) is 0.418. The molecule has 1 heterocycles. The molecule has 31 heavy (non-hydrogen) atoms. The molecule has 3 rings (SSSR count). The number of hydrogen-bond donors (Lipinski definition) is 7. The van der Waals surface area contributed by atoms with Gasteiger partial charge in [-0.25, -0.2) is 4.79 Å². The van der Waals surface area contributed by atoms with Crippen LogP contribution in [0.15, 0.2) is 42.5 Å². The topological polar surface area (TPSA) is 177 Å². The molecule has 0 saturated carbocycles. The van der Waals surface area contributed by atoms with Crippen LogP contribution in [-0.2, 0) is 11.2 Å². The minimum atomic E-state index is -1.70. The number of aliphatic hydroxyl groups is 5. The summed E-state index contributed by atoms with van der Waals surface area (Å²) in [6.45, 7) is -0.657. The number of benzene rings is 2. The van der Waals surface area contributed by atoms with Crippen LogP contribution in [-0.4, -0.2) is 79.0 Å². The van der Waals surface area contributed by atoms with Crippen LogP contribution in [0.4, 0.5) is 0 Å². The largest absolute Gasteiger partial charge is 0.508 e. The highest BCUT2D eigenvalue weighted by atomic mass is 16.7. The van der Waals surface area contributed by atoms with E-state index in [0.29, 0.717) is 5.56 Å². The summed E-state index contributed by atoms with van der Waals surface area (Å²) in [5, 5.41) is 68.8. The molecule has 0 spiro atoms. The van der Waals surface area contributed by atoms with Crippen molar-refractivity contribution in [2.24, 2.45) is 0 Å². The lowest BCUT2D eigenvalue weighted by atomic mass is 9.96. The van der Waals surface area contributed by atoms with E-state index in [4.69, 9.17) is 9.47 Å². The van der Waals surface area contributed by atoms with Crippen molar-refractivity contribution >= 4 is 5.97 Å². The molecule has 0 amide bonds. The van der Waals surface area contributed by atoms with Crippen molar-refractivity contribution in [3.05, 3.63) is 59.2 Å². The van der Waals surface area contributed by atoms with Crippen LogP contribution in [0.1, 0.15) is 27.6 Å². The summed E-state index contributed by atoms with van der Waals surface area (Å²) in [4.78, 5) is 11.9. The number of carbonyl (C=O) groups is 1. The zero-order valence-electron chi connectivity index (χ0n) is 16.3. The Kier molecular flexibility index (Phi) is 7.11. The van der Waals surface area contributed by atoms with Crippen LogP contribution in [0.2, 0.25) is 0 Å². The van der Waals surface area contributed by atoms with E-state index in [1.54, 1.807) is 0 Å². The summed E-state index contributed by atoms with van der Waals surface area (Å²) in [6.07, 6.45) is -8.87. The van der Waals surface area contributed by atoms with E-state index >= 15 is 0 Å². The molecule has 2 aromatic carbocycles. The van der Waals surface area contributed by atoms with Crippen LogP contribution < -0.4 is 4.74 Å². The number of ether oxygens (including phenoxy) is 2. The van der Waals surface area contributed by atoms with Crippen molar-refractivity contribution < 1.29 is 50.0 Å². The van der Waals surface area contributed by atoms with Gasteiger partial charge in [0.1, 0.15) is 41.5 Å². The Morgan fingerprint density at radius 1 is 1.03 bits per heavy atom. The van der Waals surface area contributed by atoms with Crippen LogP contribution in [0.25, 0.3) is 0 Å². The SMILES string of the molecule is O=C(O)c1c(C[C@H](O)c2ccc(O)cc2)cccc1O[C@@H]1O[C@H](CO)[C@@H](O)[C@@H](O)[C@H]1O. The monoisotopic (exact) mass is 436 g/mol. The van der Waals surface area contributed by atoms with Gasteiger partial charge in [-0.2, -0.15) is 0 Å². The lowest BCUT2D eigenvalue weighted by molar-refractivity contribution is -0.277. The Balaban J connectivity index is 1.86. The molecule has 1 aliphatic rings. The predicted octanol–water partition coefficient (Wildman–Crippen LogP) is -0.455. The van der Waals surface area contributed by atoms with E-state index in [1.165, 1.54) is 42.5 Å². The van der Waals surface area contributed by atoms with Crippen molar-refractivity contribution in [3.63, 3.8) is 0 Å². The molecule has 1 fully saturated rings. The molecule has 0 unspecified atom stereocenters. The molecule has 0 aromatic heterocycles. The van der Waals surface area contributed by atoms with Crippen molar-refractivity contribution in [3.8, 4) is 11.5 Å². The van der Waals surface area contributed by atoms with Gasteiger partial charge < -0.3 is 45.2 Å². The summed E-state index contributed by atoms with van der Waals surface area (Å²) in [6, 6.07) is 10.1. The molecular formula is C21H24O10. The van der Waals surface area contributed by atoms with Gasteiger partial charge in [-0.15, -0.1) is 0 Å². The second kappa shape index (κ2) is 9.60. The molecule has 0 bridgehead atoms. The number of phenolic OH excluding ortho intramolecular Hbond substituents is 1. The molecule has 2 aromatic rings. The Labute approximate surface area is 177 Å². The second-order valence-corrected chi connectivity index (χ2v) is 7.22. The molecular weight excluding hydrogens is 412 g/mol. The van der Waals surface area contributed by atoms with E-state index in [2.05, 4.69) is 0 Å². The quantitative estimate of drug-likeness (QED) is 0.301. The third-order valence-corrected chi connectivity index (χ3v) is 5.11. The molecule has 7 N–H and O–H groups in total. The Morgan fingerprint density at radius 3 is 2.32 bits per heavy atom. The highest BCUT2D eigenvalue weighted by Gasteiger charge is 2.45. The average Bonchev–Trinajstić information content (AvgIpc) is 2.74. The molecule has 0 aliphatic carbocycles. The van der Waals surface area contributed by atoms with Crippen molar-refractivity contribution in [2.45, 2.75) is 43.2 Å². The number of hydrogen-bond acceptors (Lipinski definition) is 9. The average molecular weight is 436 g/mol. The second-order valence-electron chi connectivity index (χ2n) is 7.22. The third kappa shape index (κ3) is 4.96. The van der Waals surface area contributed by atoms with Gasteiger partial charge in [-0.3, -0.25) is 0 Å². The Hall–Kier alpha value is -2.73. The first kappa shape index (κ1) is 22.9. The van der Waals surface area contributed by atoms with Gasteiger partial charge in [-0.05, 0) is 29.3 Å². The fourth-order valence-electron chi connectivity index (χ4n) is 3.40. The third-order valence-electron chi connectivity index (χ3n) is 5.11. The maximum absolute atomic E-state index is 11.9. The smallest absolute Gasteiger partial charge is 0.339 e. The number of rotatable bonds is 7. The van der Waals surface area contributed by atoms with Gasteiger partial charge in [0.25, 0.3) is 0 Å². The fraction of sp³-hybridized carbons (Fsp3) is 0.381. The van der Waals surface area contributed by atoms with Crippen LogP contribution >= 0.6 is 0 Å². The minimum Gasteiger partial charge on any atom is -0.508 e. The van der Waals surface area contributed by atoms with Gasteiger partial charge >= 0.3 is 5.97 Å². The summed E-state index contributed by atoms with van der Waals surface area (Å²) in [7, 11) is 0. The summed E-state index contributed by atoms with van der Waals surface area (Å²) >= 11 is 0. The van der Waals surface area contributed by atoms with Gasteiger partial charge in [0.05, 0.1) is 12.7 Å². The molecule has 6 atom stereocenters. The molecule has 1 saturated heterocycles. The van der Waals surface area contributed by atoms with Crippen LogP contribution in [0.3, 0.4) is 0 Å². The normalized spacial score (nSPS) is 26.9. The van der Waals surface area contributed by atoms with Crippen LogP contribution in [0.5, 0.6) is 11.5 Å². The summed E-state index contributed by atoms with van der Waals surface area (Å²) < 4.78 is 10.8. The molecule has 168 valence electrons. The zero-order valence-corrected chi connectivity index (χ0v) is 16.3. The van der Waals surface area contributed by atoms with Crippen molar-refractivity contribution in [1.82, 2.24) is 0 Å². The van der Waals surface area contributed by atoms with E-state index < -0.39 is 49.4 Å². The number of phenols is 1. The molecule has 10 nitrogen and oxygen atoms in total.